The van der Waals surface area contributed by atoms with Gasteiger partial charge in [-0.3, -0.25) is 4.79 Å². The van der Waals surface area contributed by atoms with Crippen LogP contribution in [0.5, 0.6) is 0 Å². The minimum absolute atomic E-state index is 0.203. The van der Waals surface area contributed by atoms with E-state index in [9.17, 15) is 4.79 Å². The predicted molar refractivity (Wildman–Crippen MR) is 126 cm³/mol. The molecular formula is C27H27N3O2. The standard InChI is InChI=1S/C27H27N3O2/c31-27(30-15-4-13-28-14-16-30)18-21-9-7-20(8-10-21)17-26-29-24-19-23(11-12-25(24)32-26)22-5-2-1-3-6-22/h1-3,5-12,19,28H,4,13-18H2. The first-order valence-corrected chi connectivity index (χ1v) is 11.3. The predicted octanol–water partition coefficient (Wildman–Crippen LogP) is 4.45. The maximum atomic E-state index is 12.6. The third-order valence-electron chi connectivity index (χ3n) is 5.97. The average molecular weight is 426 g/mol. The SMILES string of the molecule is O=C(Cc1ccc(Cc2nc3cc(-c4ccccc4)ccc3o2)cc1)N1CCCNCC1. The Morgan fingerprint density at radius 2 is 1.72 bits per heavy atom. The molecule has 1 aliphatic rings. The monoisotopic (exact) mass is 425 g/mol. The highest BCUT2D eigenvalue weighted by Crippen LogP contribution is 2.25. The van der Waals surface area contributed by atoms with E-state index in [1.165, 1.54) is 5.56 Å². The number of rotatable bonds is 5. The van der Waals surface area contributed by atoms with Crippen molar-refractivity contribution < 1.29 is 9.21 Å². The summed E-state index contributed by atoms with van der Waals surface area (Å²) in [5, 5.41) is 3.34. The molecule has 5 rings (SSSR count). The molecule has 1 aliphatic heterocycles. The van der Waals surface area contributed by atoms with Gasteiger partial charge in [0.25, 0.3) is 0 Å². The minimum Gasteiger partial charge on any atom is -0.440 e. The summed E-state index contributed by atoms with van der Waals surface area (Å²) in [4.78, 5) is 19.3. The summed E-state index contributed by atoms with van der Waals surface area (Å²) in [6.07, 6.45) is 2.09. The van der Waals surface area contributed by atoms with Crippen LogP contribution >= 0.6 is 0 Å². The van der Waals surface area contributed by atoms with Crippen LogP contribution in [-0.4, -0.2) is 42.0 Å². The van der Waals surface area contributed by atoms with Crippen LogP contribution in [0.3, 0.4) is 0 Å². The lowest BCUT2D eigenvalue weighted by Crippen LogP contribution is -2.35. The van der Waals surface area contributed by atoms with E-state index in [1.807, 2.05) is 41.3 Å². The highest BCUT2D eigenvalue weighted by atomic mass is 16.3. The van der Waals surface area contributed by atoms with Crippen LogP contribution in [-0.2, 0) is 17.6 Å². The Bertz CT molecular complexity index is 1190. The number of fused-ring (bicyclic) bond motifs is 1. The molecule has 1 saturated heterocycles. The van der Waals surface area contributed by atoms with Gasteiger partial charge >= 0.3 is 0 Å². The van der Waals surface area contributed by atoms with Gasteiger partial charge in [0.15, 0.2) is 11.5 Å². The lowest BCUT2D eigenvalue weighted by molar-refractivity contribution is -0.130. The van der Waals surface area contributed by atoms with Crippen LogP contribution in [0.25, 0.3) is 22.2 Å². The Morgan fingerprint density at radius 1 is 0.906 bits per heavy atom. The summed E-state index contributed by atoms with van der Waals surface area (Å²) >= 11 is 0. The number of carbonyl (C=O) groups excluding carboxylic acids is 1. The lowest BCUT2D eigenvalue weighted by atomic mass is 10.1. The van der Waals surface area contributed by atoms with Crippen molar-refractivity contribution in [2.24, 2.45) is 0 Å². The molecule has 1 amide bonds. The summed E-state index contributed by atoms with van der Waals surface area (Å²) < 4.78 is 5.97. The fraction of sp³-hybridized carbons (Fsp3) is 0.259. The number of benzene rings is 3. The number of nitrogens with zero attached hydrogens (tertiary/aromatic N) is 2. The summed E-state index contributed by atoms with van der Waals surface area (Å²) in [7, 11) is 0. The molecule has 32 heavy (non-hydrogen) atoms. The van der Waals surface area contributed by atoms with Crippen LogP contribution in [0, 0.1) is 0 Å². The molecule has 1 aromatic heterocycles. The number of nitrogens with one attached hydrogen (secondary N) is 1. The maximum absolute atomic E-state index is 12.6. The number of amides is 1. The smallest absolute Gasteiger partial charge is 0.227 e. The second-order valence-electron chi connectivity index (χ2n) is 8.31. The van der Waals surface area contributed by atoms with Gasteiger partial charge in [-0.15, -0.1) is 0 Å². The Balaban J connectivity index is 1.25. The third-order valence-corrected chi connectivity index (χ3v) is 5.97. The Kier molecular flexibility index (Phi) is 5.99. The van der Waals surface area contributed by atoms with Crippen molar-refractivity contribution in [3.63, 3.8) is 0 Å². The number of carbonyl (C=O) groups is 1. The maximum Gasteiger partial charge on any atom is 0.227 e. The number of hydrogen-bond donors (Lipinski definition) is 1. The van der Waals surface area contributed by atoms with Crippen LogP contribution in [0.15, 0.2) is 77.2 Å². The highest BCUT2D eigenvalue weighted by Gasteiger charge is 2.15. The molecule has 3 aromatic carbocycles. The summed E-state index contributed by atoms with van der Waals surface area (Å²) in [5.41, 5.74) is 6.13. The highest BCUT2D eigenvalue weighted by molar-refractivity contribution is 5.80. The van der Waals surface area contributed by atoms with Crippen molar-refractivity contribution in [2.75, 3.05) is 26.2 Å². The Hall–Kier alpha value is -3.44. The summed E-state index contributed by atoms with van der Waals surface area (Å²) in [6.45, 7) is 3.50. The lowest BCUT2D eigenvalue weighted by Gasteiger charge is -2.20. The fourth-order valence-electron chi connectivity index (χ4n) is 4.19. The molecule has 162 valence electrons. The molecule has 4 aromatic rings. The summed E-state index contributed by atoms with van der Waals surface area (Å²) in [5.74, 6) is 0.903. The van der Waals surface area contributed by atoms with Gasteiger partial charge in [-0.1, -0.05) is 60.7 Å². The third kappa shape index (κ3) is 4.73. The topological polar surface area (TPSA) is 58.4 Å². The zero-order chi connectivity index (χ0) is 21.8. The number of aromatic nitrogens is 1. The van der Waals surface area contributed by atoms with E-state index in [4.69, 9.17) is 9.40 Å². The molecule has 0 aliphatic carbocycles. The molecule has 0 radical (unpaired) electrons. The van der Waals surface area contributed by atoms with Crippen molar-refractivity contribution in [3.8, 4) is 11.1 Å². The van der Waals surface area contributed by atoms with E-state index in [0.717, 1.165) is 60.4 Å². The van der Waals surface area contributed by atoms with Crippen molar-refractivity contribution in [3.05, 3.63) is 89.8 Å². The summed E-state index contributed by atoms with van der Waals surface area (Å²) in [6, 6.07) is 24.6. The molecule has 0 bridgehead atoms. The van der Waals surface area contributed by atoms with Crippen molar-refractivity contribution in [2.45, 2.75) is 19.3 Å². The Labute approximate surface area is 188 Å². The molecule has 1 fully saturated rings. The first-order chi connectivity index (χ1) is 15.7. The van der Waals surface area contributed by atoms with Gasteiger partial charge < -0.3 is 14.6 Å². The van der Waals surface area contributed by atoms with Crippen molar-refractivity contribution >= 4 is 17.0 Å². The Morgan fingerprint density at radius 3 is 2.56 bits per heavy atom. The minimum atomic E-state index is 0.203. The van der Waals surface area contributed by atoms with E-state index in [1.54, 1.807) is 0 Å². The molecule has 5 heteroatoms. The quantitative estimate of drug-likeness (QED) is 0.513. The van der Waals surface area contributed by atoms with E-state index in [-0.39, 0.29) is 5.91 Å². The number of oxazole rings is 1. The number of hydrogen-bond acceptors (Lipinski definition) is 4. The van der Waals surface area contributed by atoms with E-state index in [2.05, 4.69) is 41.7 Å². The van der Waals surface area contributed by atoms with Crippen LogP contribution in [0.2, 0.25) is 0 Å². The normalized spacial score (nSPS) is 14.4. The van der Waals surface area contributed by atoms with E-state index in [0.29, 0.717) is 18.7 Å². The molecule has 1 N–H and O–H groups in total. The molecular weight excluding hydrogens is 398 g/mol. The van der Waals surface area contributed by atoms with Gasteiger partial charge in [-0.2, -0.15) is 0 Å². The van der Waals surface area contributed by atoms with E-state index >= 15 is 0 Å². The van der Waals surface area contributed by atoms with Gasteiger partial charge in [0.1, 0.15) is 5.52 Å². The van der Waals surface area contributed by atoms with Crippen molar-refractivity contribution in [1.82, 2.24) is 15.2 Å². The molecule has 0 spiro atoms. The van der Waals surface area contributed by atoms with Gasteiger partial charge in [-0.25, -0.2) is 4.98 Å². The second-order valence-corrected chi connectivity index (χ2v) is 8.31. The molecule has 2 heterocycles. The zero-order valence-corrected chi connectivity index (χ0v) is 18.1. The zero-order valence-electron chi connectivity index (χ0n) is 18.1. The van der Waals surface area contributed by atoms with Gasteiger partial charge in [-0.05, 0) is 47.4 Å². The first-order valence-electron chi connectivity index (χ1n) is 11.3. The molecule has 0 saturated carbocycles. The van der Waals surface area contributed by atoms with Gasteiger partial charge in [0, 0.05) is 26.1 Å². The molecule has 0 atom stereocenters. The second kappa shape index (κ2) is 9.37. The van der Waals surface area contributed by atoms with Gasteiger partial charge in [0.2, 0.25) is 5.91 Å². The molecule has 0 unspecified atom stereocenters. The molecule has 5 nitrogen and oxygen atoms in total. The first kappa shape index (κ1) is 20.5. The fourth-order valence-corrected chi connectivity index (χ4v) is 4.19. The van der Waals surface area contributed by atoms with Crippen LogP contribution in [0.1, 0.15) is 23.4 Å². The van der Waals surface area contributed by atoms with Crippen LogP contribution in [0.4, 0.5) is 0 Å². The van der Waals surface area contributed by atoms with E-state index < -0.39 is 0 Å². The average Bonchev–Trinajstić information content (AvgIpc) is 3.02. The van der Waals surface area contributed by atoms with Crippen molar-refractivity contribution in [1.29, 1.82) is 0 Å². The van der Waals surface area contributed by atoms with Gasteiger partial charge in [0.05, 0.1) is 6.42 Å². The van der Waals surface area contributed by atoms with Crippen LogP contribution < -0.4 is 5.32 Å². The largest absolute Gasteiger partial charge is 0.440 e.